The minimum absolute atomic E-state index is 0.0533. The standard InChI is InChI=1S/C22H23N5O2/c1-16-8-10-20(17(2)12-16)23-14-22(29)26-25-21(28)11-9-18-13-24-27(15-18)19-6-4-3-5-7-19/h3-13,15,23H,14H2,1-2H3,(H,25,28)(H,26,29)/b11-9+. The minimum Gasteiger partial charge on any atom is -0.376 e. The average Bonchev–Trinajstić information content (AvgIpc) is 3.20. The highest BCUT2D eigenvalue weighted by Gasteiger charge is 2.04. The number of nitrogens with zero attached hydrogens (tertiary/aromatic N) is 2. The Morgan fingerprint density at radius 2 is 1.86 bits per heavy atom. The molecule has 0 aliphatic rings. The highest BCUT2D eigenvalue weighted by atomic mass is 16.2. The highest BCUT2D eigenvalue weighted by molar-refractivity contribution is 5.93. The maximum absolute atomic E-state index is 11.9. The molecule has 1 aromatic heterocycles. The number of hydrogen-bond donors (Lipinski definition) is 3. The van der Waals surface area contributed by atoms with Gasteiger partial charge in [-0.1, -0.05) is 35.9 Å². The van der Waals surface area contributed by atoms with Gasteiger partial charge in [0.25, 0.3) is 11.8 Å². The van der Waals surface area contributed by atoms with Crippen LogP contribution in [-0.2, 0) is 9.59 Å². The number of amides is 2. The lowest BCUT2D eigenvalue weighted by Crippen LogP contribution is -2.43. The predicted octanol–water partition coefficient (Wildman–Crippen LogP) is 2.76. The molecule has 0 aliphatic carbocycles. The first-order valence-electron chi connectivity index (χ1n) is 9.19. The van der Waals surface area contributed by atoms with E-state index in [-0.39, 0.29) is 12.5 Å². The van der Waals surface area contributed by atoms with Gasteiger partial charge in [0.2, 0.25) is 0 Å². The molecule has 3 rings (SSSR count). The highest BCUT2D eigenvalue weighted by Crippen LogP contribution is 2.15. The predicted molar refractivity (Wildman–Crippen MR) is 113 cm³/mol. The Balaban J connectivity index is 1.44. The van der Waals surface area contributed by atoms with Crippen molar-refractivity contribution in [3.8, 4) is 5.69 Å². The molecule has 1 heterocycles. The largest absolute Gasteiger partial charge is 0.376 e. The van der Waals surface area contributed by atoms with Crippen LogP contribution in [0.2, 0.25) is 0 Å². The van der Waals surface area contributed by atoms with Crippen molar-refractivity contribution in [2.75, 3.05) is 11.9 Å². The summed E-state index contributed by atoms with van der Waals surface area (Å²) in [5.74, 6) is -0.777. The third kappa shape index (κ3) is 5.80. The van der Waals surface area contributed by atoms with Gasteiger partial charge in [-0.3, -0.25) is 20.4 Å². The van der Waals surface area contributed by atoms with Crippen LogP contribution < -0.4 is 16.2 Å². The number of anilines is 1. The van der Waals surface area contributed by atoms with Gasteiger partial charge in [0.1, 0.15) is 0 Å². The molecule has 0 fully saturated rings. The quantitative estimate of drug-likeness (QED) is 0.447. The smallest absolute Gasteiger partial charge is 0.262 e. The van der Waals surface area contributed by atoms with E-state index in [1.807, 2.05) is 68.6 Å². The molecule has 7 nitrogen and oxygen atoms in total. The molecule has 3 N–H and O–H groups in total. The number of nitrogens with one attached hydrogen (secondary N) is 3. The number of aromatic nitrogens is 2. The summed E-state index contributed by atoms with van der Waals surface area (Å²) in [6, 6.07) is 15.6. The van der Waals surface area contributed by atoms with Gasteiger partial charge in [0.05, 0.1) is 18.4 Å². The molecule has 0 radical (unpaired) electrons. The van der Waals surface area contributed by atoms with Crippen LogP contribution in [0.3, 0.4) is 0 Å². The van der Waals surface area contributed by atoms with Crippen molar-refractivity contribution in [1.82, 2.24) is 20.6 Å². The second kappa shape index (κ2) is 9.36. The van der Waals surface area contributed by atoms with Crippen LogP contribution >= 0.6 is 0 Å². The summed E-state index contributed by atoms with van der Waals surface area (Å²) in [6.07, 6.45) is 6.43. The molecule has 0 unspecified atom stereocenters. The molecule has 0 saturated carbocycles. The summed E-state index contributed by atoms with van der Waals surface area (Å²) in [4.78, 5) is 23.8. The molecule has 0 spiro atoms. The molecule has 2 aromatic carbocycles. The van der Waals surface area contributed by atoms with Crippen LogP contribution in [0, 0.1) is 13.8 Å². The van der Waals surface area contributed by atoms with Crippen LogP contribution in [0.1, 0.15) is 16.7 Å². The number of benzene rings is 2. The first-order chi connectivity index (χ1) is 14.0. The van der Waals surface area contributed by atoms with Crippen molar-refractivity contribution in [2.45, 2.75) is 13.8 Å². The minimum atomic E-state index is -0.433. The summed E-state index contributed by atoms with van der Waals surface area (Å²) in [7, 11) is 0. The summed E-state index contributed by atoms with van der Waals surface area (Å²) in [5.41, 5.74) is 9.53. The van der Waals surface area contributed by atoms with Crippen molar-refractivity contribution < 1.29 is 9.59 Å². The van der Waals surface area contributed by atoms with Gasteiger partial charge in [-0.05, 0) is 43.7 Å². The van der Waals surface area contributed by atoms with E-state index in [9.17, 15) is 9.59 Å². The fraction of sp³-hybridized carbons (Fsp3) is 0.136. The fourth-order valence-electron chi connectivity index (χ4n) is 2.72. The first-order valence-corrected chi connectivity index (χ1v) is 9.19. The summed E-state index contributed by atoms with van der Waals surface area (Å²) in [6.45, 7) is 4.04. The second-order valence-corrected chi connectivity index (χ2v) is 6.60. The Morgan fingerprint density at radius 1 is 1.07 bits per heavy atom. The number of hydrogen-bond acceptors (Lipinski definition) is 4. The molecule has 0 saturated heterocycles. The van der Waals surface area contributed by atoms with Gasteiger partial charge in [0, 0.05) is 23.5 Å². The summed E-state index contributed by atoms with van der Waals surface area (Å²) >= 11 is 0. The molecule has 2 amide bonds. The van der Waals surface area contributed by atoms with E-state index in [0.29, 0.717) is 0 Å². The van der Waals surface area contributed by atoms with Gasteiger partial charge in [-0.15, -0.1) is 0 Å². The maximum atomic E-state index is 11.9. The monoisotopic (exact) mass is 389 g/mol. The molecule has 7 heteroatoms. The molecular formula is C22H23N5O2. The molecule has 0 aliphatic heterocycles. The van der Waals surface area contributed by atoms with E-state index >= 15 is 0 Å². The zero-order valence-corrected chi connectivity index (χ0v) is 16.3. The van der Waals surface area contributed by atoms with Crippen LogP contribution in [0.4, 0.5) is 5.69 Å². The Labute approximate surface area is 169 Å². The number of hydrazine groups is 1. The maximum Gasteiger partial charge on any atom is 0.262 e. The topological polar surface area (TPSA) is 88.1 Å². The van der Waals surface area contributed by atoms with Crippen molar-refractivity contribution in [2.24, 2.45) is 0 Å². The second-order valence-electron chi connectivity index (χ2n) is 6.60. The van der Waals surface area contributed by atoms with Crippen LogP contribution in [0.15, 0.2) is 67.0 Å². The normalized spacial score (nSPS) is 10.7. The van der Waals surface area contributed by atoms with Crippen LogP contribution in [-0.4, -0.2) is 28.1 Å². The number of aryl methyl sites for hydroxylation is 2. The lowest BCUT2D eigenvalue weighted by molar-refractivity contribution is -0.125. The third-order valence-corrected chi connectivity index (χ3v) is 4.20. The van der Waals surface area contributed by atoms with E-state index in [1.54, 1.807) is 17.0 Å². The number of carbonyl (C=O) groups is 2. The summed E-state index contributed by atoms with van der Waals surface area (Å²) < 4.78 is 1.72. The zero-order valence-electron chi connectivity index (χ0n) is 16.3. The van der Waals surface area contributed by atoms with Crippen molar-refractivity contribution in [3.05, 3.63) is 83.7 Å². The van der Waals surface area contributed by atoms with E-state index in [1.165, 1.54) is 6.08 Å². The average molecular weight is 389 g/mol. The molecule has 3 aromatic rings. The number of para-hydroxylation sites is 1. The van der Waals surface area contributed by atoms with E-state index in [0.717, 1.165) is 28.1 Å². The molecular weight excluding hydrogens is 366 g/mol. The van der Waals surface area contributed by atoms with Gasteiger partial charge in [-0.2, -0.15) is 5.10 Å². The zero-order chi connectivity index (χ0) is 20.6. The molecule has 0 bridgehead atoms. The Kier molecular flexibility index (Phi) is 6.42. The van der Waals surface area contributed by atoms with Crippen molar-refractivity contribution >= 4 is 23.6 Å². The van der Waals surface area contributed by atoms with Gasteiger partial charge in [0.15, 0.2) is 0 Å². The lowest BCUT2D eigenvalue weighted by Gasteiger charge is -2.10. The van der Waals surface area contributed by atoms with Crippen LogP contribution in [0.5, 0.6) is 0 Å². The fourth-order valence-corrected chi connectivity index (χ4v) is 2.72. The summed E-state index contributed by atoms with van der Waals surface area (Å²) in [5, 5.41) is 7.31. The van der Waals surface area contributed by atoms with Gasteiger partial charge in [-0.25, -0.2) is 4.68 Å². The number of rotatable bonds is 6. The third-order valence-electron chi connectivity index (χ3n) is 4.20. The van der Waals surface area contributed by atoms with Crippen molar-refractivity contribution in [3.63, 3.8) is 0 Å². The molecule has 148 valence electrons. The number of carbonyl (C=O) groups excluding carboxylic acids is 2. The van der Waals surface area contributed by atoms with E-state index in [4.69, 9.17) is 0 Å². The SMILES string of the molecule is Cc1ccc(NCC(=O)NNC(=O)/C=C/c2cnn(-c3ccccc3)c2)c(C)c1. The lowest BCUT2D eigenvalue weighted by atomic mass is 10.1. The Hall–Kier alpha value is -3.87. The van der Waals surface area contributed by atoms with Crippen LogP contribution in [0.25, 0.3) is 11.8 Å². The van der Waals surface area contributed by atoms with Gasteiger partial charge < -0.3 is 5.32 Å². The molecule has 0 atom stereocenters. The van der Waals surface area contributed by atoms with E-state index < -0.39 is 5.91 Å². The van der Waals surface area contributed by atoms with E-state index in [2.05, 4.69) is 21.3 Å². The van der Waals surface area contributed by atoms with Crippen molar-refractivity contribution in [1.29, 1.82) is 0 Å². The molecule has 29 heavy (non-hydrogen) atoms. The Bertz CT molecular complexity index is 1020. The Morgan fingerprint density at radius 3 is 2.62 bits per heavy atom. The van der Waals surface area contributed by atoms with Gasteiger partial charge >= 0.3 is 0 Å². The first kappa shape index (κ1) is 19.9.